The van der Waals surface area contributed by atoms with Gasteiger partial charge in [0.05, 0.1) is 0 Å². The van der Waals surface area contributed by atoms with E-state index in [1.54, 1.807) is 0 Å². The van der Waals surface area contributed by atoms with Crippen LogP contribution in [-0.4, -0.2) is 0 Å². The second-order valence-corrected chi connectivity index (χ2v) is 0. The molecule has 0 unspecified atom stereocenters. The zero-order valence-electron chi connectivity index (χ0n) is 1.84. The zero-order valence-corrected chi connectivity index (χ0v) is 6.84. The molecule has 5 heavy (non-hydrogen) atoms. The number of hydrogen-bond donors (Lipinski definition) is 0. The average Bonchev–Trinajstić information content (AvgIpc) is 1.00. The molecule has 0 N–H and O–H groups in total. The van der Waals surface area contributed by atoms with Gasteiger partial charge in [0.25, 0.3) is 0 Å². The predicted molar refractivity (Wildman–Crippen MR) is 0.686 cm³/mol. The summed E-state index contributed by atoms with van der Waals surface area (Å²) in [4.78, 5) is 0. The first kappa shape index (κ1) is 27.2. The molecule has 5 heteroatoms. The van der Waals surface area contributed by atoms with Crippen LogP contribution < -0.4 is 0 Å². The molecule has 0 atom stereocenters. The molecule has 40 valence electrons. The molecule has 3 radical (unpaired) electrons. The van der Waals surface area contributed by atoms with Gasteiger partial charge in [-0.05, 0) is 0 Å². The molecule has 1 nitrogen and oxygen atoms in total. The van der Waals surface area contributed by atoms with Crippen LogP contribution in [-0.2, 0) is 77.6 Å². The van der Waals surface area contributed by atoms with Gasteiger partial charge in [-0.3, -0.25) is 0 Å². The van der Waals surface area contributed by atoms with Crippen molar-refractivity contribution in [1.82, 2.24) is 0 Å². The molecular weight excluding hydrogens is 293 g/mol. The normalized spacial score (nSPS) is 0.600. The number of hydrogen-bond acceptors (Lipinski definition) is 1. The molecule has 0 bridgehead atoms. The average molecular weight is 293 g/mol. The first-order valence-corrected chi connectivity index (χ1v) is 0.753. The second-order valence-electron chi connectivity index (χ2n) is 0. The summed E-state index contributed by atoms with van der Waals surface area (Å²) >= 11 is 1.06. The van der Waals surface area contributed by atoms with Gasteiger partial charge in [-0.25, -0.2) is 0 Å². The van der Waals surface area contributed by atoms with Crippen LogP contribution in [0, 0.1) is 0 Å². The van der Waals surface area contributed by atoms with Crippen LogP contribution in [0.15, 0.2) is 0 Å². The van der Waals surface area contributed by atoms with Crippen molar-refractivity contribution in [1.29, 1.82) is 0 Å². The Kier molecular flexibility index (Phi) is 191. The zero-order chi connectivity index (χ0) is 2.00. The van der Waals surface area contributed by atoms with Gasteiger partial charge in [0.15, 0.2) is 0 Å². The Balaban J connectivity index is -0.00000000167. The summed E-state index contributed by atoms with van der Waals surface area (Å²) in [6, 6.07) is 0. The Morgan fingerprint density at radius 1 is 1.20 bits per heavy atom. The van der Waals surface area contributed by atoms with Gasteiger partial charge in [0, 0.05) is 56.5 Å². The van der Waals surface area contributed by atoms with Gasteiger partial charge in [-0.1, -0.05) is 0 Å². The van der Waals surface area contributed by atoms with Crippen LogP contribution in [0.25, 0.3) is 0 Å². The third kappa shape index (κ3) is 22.8. The predicted octanol–water partition coefficient (Wildman–Crippen LogP) is -0.129. The fourth-order valence-electron chi connectivity index (χ4n) is 0. The number of rotatable bonds is 0. The van der Waals surface area contributed by atoms with E-state index >= 15 is 0 Å². The van der Waals surface area contributed by atoms with Crippen molar-refractivity contribution in [3.8, 4) is 0 Å². The molecule has 0 aliphatic heterocycles. The van der Waals surface area contributed by atoms with E-state index in [2.05, 4.69) is 0 Å². The van der Waals surface area contributed by atoms with E-state index in [1.165, 1.54) is 0 Å². The Hall–Kier alpha value is 2.16. The molecule has 0 fully saturated rings. The van der Waals surface area contributed by atoms with Crippen LogP contribution in [0.4, 0.5) is 0 Å². The van der Waals surface area contributed by atoms with Gasteiger partial charge < -0.3 is 0 Å². The minimum atomic E-state index is 0. The van der Waals surface area contributed by atoms with Crippen LogP contribution in [0.5, 0.6) is 0 Å². The summed E-state index contributed by atoms with van der Waals surface area (Å²) in [5.41, 5.74) is 0. The summed E-state index contributed by atoms with van der Waals surface area (Å²) in [7, 11) is 0. The molecule has 0 aromatic carbocycles. The van der Waals surface area contributed by atoms with Crippen molar-refractivity contribution in [2.24, 2.45) is 0 Å². The van der Waals surface area contributed by atoms with Crippen LogP contribution >= 0.6 is 0 Å². The summed E-state index contributed by atoms with van der Waals surface area (Å²) < 4.78 is 8.19. The molecule has 0 rings (SSSR count). The van der Waals surface area contributed by atoms with Gasteiger partial charge in [0.1, 0.15) is 0 Å². The maximum atomic E-state index is 8.19. The van der Waals surface area contributed by atoms with E-state index in [1.807, 2.05) is 0 Å². The van der Waals surface area contributed by atoms with Crippen LogP contribution in [0.1, 0.15) is 0 Å². The molecule has 0 aliphatic carbocycles. The van der Waals surface area contributed by atoms with Crippen LogP contribution in [0.3, 0.4) is 0 Å². The Morgan fingerprint density at radius 2 is 1.20 bits per heavy atom. The van der Waals surface area contributed by atoms with Gasteiger partial charge in [0.2, 0.25) is 0 Å². The van der Waals surface area contributed by atoms with Crippen molar-refractivity contribution in [3.05, 3.63) is 0 Å². The van der Waals surface area contributed by atoms with E-state index < -0.39 is 0 Å². The molecule has 0 aromatic heterocycles. The van der Waals surface area contributed by atoms with Crippen LogP contribution in [0.2, 0.25) is 0 Å². The molecular formula is AgCuMnOV. The topological polar surface area (TPSA) is 17.1 Å². The summed E-state index contributed by atoms with van der Waals surface area (Å²) in [5, 5.41) is 0. The van der Waals surface area contributed by atoms with E-state index in [-0.39, 0.29) is 56.5 Å². The minimum absolute atomic E-state index is 0. The molecule has 0 spiro atoms. The quantitative estimate of drug-likeness (QED) is 0.569. The molecule has 0 heterocycles. The summed E-state index contributed by atoms with van der Waals surface area (Å²) in [6.07, 6.45) is 0. The fraction of sp³-hybridized carbons (Fsp3) is 0. The van der Waals surface area contributed by atoms with E-state index in [4.69, 9.17) is 3.67 Å². The Bertz CT molecular complexity index is 11.6. The summed E-state index contributed by atoms with van der Waals surface area (Å²) in [5.74, 6) is 0. The van der Waals surface area contributed by atoms with Crippen molar-refractivity contribution >= 4 is 0 Å². The van der Waals surface area contributed by atoms with Gasteiger partial charge in [-0.2, -0.15) is 0 Å². The van der Waals surface area contributed by atoms with E-state index in [0.29, 0.717) is 0 Å². The first-order valence-electron chi connectivity index (χ1n) is 0.183. The Morgan fingerprint density at radius 3 is 1.20 bits per heavy atom. The Labute approximate surface area is 76.7 Å². The third-order valence-electron chi connectivity index (χ3n) is 0. The van der Waals surface area contributed by atoms with Crippen molar-refractivity contribution in [3.63, 3.8) is 0 Å². The molecule has 0 aliphatic rings. The van der Waals surface area contributed by atoms with Crippen molar-refractivity contribution in [2.45, 2.75) is 0 Å². The fourth-order valence-corrected chi connectivity index (χ4v) is 0. The molecule has 0 aromatic rings. The molecule has 0 saturated carbocycles. The maximum absolute atomic E-state index is 8.19. The van der Waals surface area contributed by atoms with Crippen molar-refractivity contribution < 1.29 is 77.6 Å². The van der Waals surface area contributed by atoms with Crippen molar-refractivity contribution in [2.75, 3.05) is 0 Å². The monoisotopic (exact) mass is 292 g/mol. The standard InChI is InChI=1S/Ag.Cu.Mn.O.V. The molecule has 0 saturated heterocycles. The summed E-state index contributed by atoms with van der Waals surface area (Å²) in [6.45, 7) is 0. The van der Waals surface area contributed by atoms with Gasteiger partial charge >= 0.3 is 21.0 Å². The van der Waals surface area contributed by atoms with E-state index in [9.17, 15) is 0 Å². The third-order valence-corrected chi connectivity index (χ3v) is 0. The van der Waals surface area contributed by atoms with Gasteiger partial charge in [-0.15, -0.1) is 0 Å². The SMILES string of the molecule is [Ag].[Cu].[Mn].[O]=[V]. The van der Waals surface area contributed by atoms with E-state index in [0.717, 1.165) is 17.4 Å². The first-order chi connectivity index (χ1) is 1.00. The second kappa shape index (κ2) is 35.1. The molecule has 0 amide bonds.